The Labute approximate surface area is 199 Å². The summed E-state index contributed by atoms with van der Waals surface area (Å²) in [6, 6.07) is 13.4. The average molecular weight is 484 g/mol. The molecule has 0 N–H and O–H groups in total. The predicted octanol–water partition coefficient (Wildman–Crippen LogP) is 2.67. The number of aryl methyl sites for hydroxylation is 1. The van der Waals surface area contributed by atoms with Crippen LogP contribution in [-0.2, 0) is 14.8 Å². The molecule has 3 heterocycles. The number of piperidine rings is 1. The Morgan fingerprint density at radius 3 is 2.68 bits per heavy atom. The molecule has 0 unspecified atom stereocenters. The number of carbonyl (C=O) groups excluding carboxylic acids is 1. The van der Waals surface area contributed by atoms with Crippen molar-refractivity contribution in [2.24, 2.45) is 5.92 Å². The van der Waals surface area contributed by atoms with E-state index >= 15 is 0 Å². The van der Waals surface area contributed by atoms with E-state index in [9.17, 15) is 13.2 Å². The van der Waals surface area contributed by atoms with Crippen LogP contribution in [0.1, 0.15) is 25.3 Å². The number of hydrogen-bond donors (Lipinski definition) is 0. The summed E-state index contributed by atoms with van der Waals surface area (Å²) in [5.74, 6) is -0.312. The molecule has 34 heavy (non-hydrogen) atoms. The van der Waals surface area contributed by atoms with Gasteiger partial charge in [-0.25, -0.2) is 13.0 Å². The summed E-state index contributed by atoms with van der Waals surface area (Å²) >= 11 is 0. The Morgan fingerprint density at radius 1 is 1.06 bits per heavy atom. The van der Waals surface area contributed by atoms with Gasteiger partial charge in [-0.05, 0) is 66.8 Å². The van der Waals surface area contributed by atoms with Crippen molar-refractivity contribution >= 4 is 32.7 Å². The third kappa shape index (κ3) is 4.16. The molecule has 0 radical (unpaired) electrons. The van der Waals surface area contributed by atoms with Crippen LogP contribution in [0, 0.1) is 12.8 Å². The number of fused-ring (bicyclic) bond motifs is 1. The molecule has 10 heteroatoms. The summed E-state index contributed by atoms with van der Waals surface area (Å²) in [7, 11) is -3.82. The van der Waals surface area contributed by atoms with Crippen LogP contribution in [0.3, 0.4) is 0 Å². The summed E-state index contributed by atoms with van der Waals surface area (Å²) in [4.78, 5) is 17.7. The molecule has 1 aromatic heterocycles. The van der Waals surface area contributed by atoms with Gasteiger partial charge in [-0.15, -0.1) is 0 Å². The van der Waals surface area contributed by atoms with Gasteiger partial charge in [-0.2, -0.15) is 4.31 Å². The lowest BCUT2D eigenvalue weighted by atomic mass is 9.97. The van der Waals surface area contributed by atoms with Crippen LogP contribution in [0.4, 0.5) is 5.69 Å². The van der Waals surface area contributed by atoms with Crippen LogP contribution in [0.5, 0.6) is 0 Å². The van der Waals surface area contributed by atoms with Crippen molar-refractivity contribution < 1.29 is 17.8 Å². The van der Waals surface area contributed by atoms with Gasteiger partial charge in [0.1, 0.15) is 10.4 Å². The Hall–Kier alpha value is -2.98. The first-order chi connectivity index (χ1) is 16.3. The molecule has 3 aromatic rings. The maximum Gasteiger partial charge on any atom is 0.245 e. The number of sulfonamides is 1. The van der Waals surface area contributed by atoms with E-state index in [4.69, 9.17) is 4.63 Å². The normalized spacial score (nSPS) is 22.3. The number of anilines is 1. The number of carbonyl (C=O) groups is 1. The highest BCUT2D eigenvalue weighted by atomic mass is 32.2. The fourth-order valence-corrected chi connectivity index (χ4v) is 6.76. The van der Waals surface area contributed by atoms with Crippen molar-refractivity contribution in [2.75, 3.05) is 37.6 Å². The maximum absolute atomic E-state index is 13.4. The van der Waals surface area contributed by atoms with Crippen LogP contribution >= 0.6 is 0 Å². The summed E-state index contributed by atoms with van der Waals surface area (Å²) in [5, 5.41) is 7.53. The van der Waals surface area contributed by atoms with Crippen molar-refractivity contribution in [1.82, 2.24) is 19.5 Å². The van der Waals surface area contributed by atoms with Crippen molar-refractivity contribution in [2.45, 2.75) is 37.6 Å². The second-order valence-corrected chi connectivity index (χ2v) is 11.2. The Balaban J connectivity index is 1.29. The number of piperazine rings is 1. The van der Waals surface area contributed by atoms with Gasteiger partial charge in [-0.3, -0.25) is 4.79 Å². The number of aromatic nitrogens is 2. The zero-order valence-electron chi connectivity index (χ0n) is 19.4. The molecule has 0 saturated carbocycles. The highest BCUT2D eigenvalue weighted by Gasteiger charge is 2.37. The minimum absolute atomic E-state index is 0.0388. The standard InChI is InChI=1S/C24H29N5O4S/c1-17-6-3-8-20(14-17)29-13-12-27(15-18(29)2)24(30)19-7-5-11-28(16-19)34(31,32)22-10-4-9-21-23(22)26-33-25-21/h3-4,6,8-10,14,18-19H,5,7,11-13,15-16H2,1-2H3/t18-,19+/m1/s1. The van der Waals surface area contributed by atoms with Gasteiger partial charge in [-0.1, -0.05) is 18.2 Å². The Bertz CT molecular complexity index is 1310. The van der Waals surface area contributed by atoms with Gasteiger partial charge in [0, 0.05) is 44.5 Å². The third-order valence-corrected chi connectivity index (χ3v) is 8.77. The topological polar surface area (TPSA) is 99.8 Å². The minimum Gasteiger partial charge on any atom is -0.365 e. The van der Waals surface area contributed by atoms with Gasteiger partial charge in [0.05, 0.1) is 5.92 Å². The monoisotopic (exact) mass is 483 g/mol. The smallest absolute Gasteiger partial charge is 0.245 e. The Kier molecular flexibility index (Phi) is 6.03. The number of hydrogen-bond acceptors (Lipinski definition) is 7. The lowest BCUT2D eigenvalue weighted by molar-refractivity contribution is -0.137. The van der Waals surface area contributed by atoms with Crippen molar-refractivity contribution in [3.8, 4) is 0 Å². The number of nitrogens with zero attached hydrogens (tertiary/aromatic N) is 5. The second kappa shape index (κ2) is 8.99. The fraction of sp³-hybridized carbons (Fsp3) is 0.458. The van der Waals surface area contributed by atoms with Crippen LogP contribution in [0.2, 0.25) is 0 Å². The van der Waals surface area contributed by atoms with E-state index < -0.39 is 10.0 Å². The molecule has 2 atom stereocenters. The van der Waals surface area contributed by atoms with E-state index in [1.54, 1.807) is 12.1 Å². The van der Waals surface area contributed by atoms with Crippen LogP contribution < -0.4 is 4.90 Å². The van der Waals surface area contributed by atoms with Gasteiger partial charge in [0.15, 0.2) is 5.52 Å². The zero-order valence-corrected chi connectivity index (χ0v) is 20.2. The van der Waals surface area contributed by atoms with E-state index in [0.29, 0.717) is 38.0 Å². The Morgan fingerprint density at radius 2 is 1.88 bits per heavy atom. The molecule has 2 aliphatic heterocycles. The molecule has 180 valence electrons. The first-order valence-corrected chi connectivity index (χ1v) is 13.1. The molecule has 9 nitrogen and oxygen atoms in total. The first-order valence-electron chi connectivity index (χ1n) is 11.7. The average Bonchev–Trinajstić information content (AvgIpc) is 3.32. The molecule has 0 spiro atoms. The predicted molar refractivity (Wildman–Crippen MR) is 128 cm³/mol. The second-order valence-electron chi connectivity index (χ2n) is 9.26. The largest absolute Gasteiger partial charge is 0.365 e. The molecule has 5 rings (SSSR count). The van der Waals surface area contributed by atoms with Crippen molar-refractivity contribution in [3.05, 3.63) is 48.0 Å². The zero-order chi connectivity index (χ0) is 23.9. The summed E-state index contributed by atoms with van der Waals surface area (Å²) in [6.07, 6.45) is 1.33. The lowest BCUT2D eigenvalue weighted by Gasteiger charge is -2.43. The molecule has 1 amide bonds. The van der Waals surface area contributed by atoms with Crippen LogP contribution in [0.15, 0.2) is 52.0 Å². The quantitative estimate of drug-likeness (QED) is 0.562. The number of amides is 1. The van der Waals surface area contributed by atoms with E-state index in [1.165, 1.54) is 21.6 Å². The first kappa shape index (κ1) is 22.8. The fourth-order valence-electron chi connectivity index (χ4n) is 5.10. The van der Waals surface area contributed by atoms with E-state index in [0.717, 1.165) is 6.54 Å². The SMILES string of the molecule is Cc1cccc(N2CCN(C(=O)[C@H]3CCCN(S(=O)(=O)c4cccc5nonc45)C3)C[C@H]2C)c1. The van der Waals surface area contributed by atoms with E-state index in [-0.39, 0.29) is 34.8 Å². The van der Waals surface area contributed by atoms with Gasteiger partial charge in [0.2, 0.25) is 15.9 Å². The van der Waals surface area contributed by atoms with Crippen LogP contribution in [0.25, 0.3) is 11.0 Å². The van der Waals surface area contributed by atoms with Gasteiger partial charge < -0.3 is 9.80 Å². The summed E-state index contributed by atoms with van der Waals surface area (Å²) in [6.45, 7) is 6.78. The molecule has 2 fully saturated rings. The van der Waals surface area contributed by atoms with Gasteiger partial charge in [0.25, 0.3) is 0 Å². The molecule has 0 aliphatic carbocycles. The van der Waals surface area contributed by atoms with E-state index in [1.807, 2.05) is 4.90 Å². The highest BCUT2D eigenvalue weighted by molar-refractivity contribution is 7.89. The van der Waals surface area contributed by atoms with Crippen molar-refractivity contribution in [1.29, 1.82) is 0 Å². The molecule has 2 aromatic carbocycles. The minimum atomic E-state index is -3.82. The molecule has 2 aliphatic rings. The lowest BCUT2D eigenvalue weighted by Crippen LogP contribution is -2.56. The van der Waals surface area contributed by atoms with Gasteiger partial charge >= 0.3 is 0 Å². The molecule has 2 saturated heterocycles. The third-order valence-electron chi connectivity index (χ3n) is 6.87. The summed E-state index contributed by atoms with van der Waals surface area (Å²) < 4.78 is 33.0. The number of benzene rings is 2. The number of rotatable bonds is 4. The van der Waals surface area contributed by atoms with Crippen molar-refractivity contribution in [3.63, 3.8) is 0 Å². The highest BCUT2D eigenvalue weighted by Crippen LogP contribution is 2.29. The van der Waals surface area contributed by atoms with E-state index in [2.05, 4.69) is 53.3 Å². The summed E-state index contributed by atoms with van der Waals surface area (Å²) in [5.41, 5.74) is 3.00. The maximum atomic E-state index is 13.4. The molecule has 0 bridgehead atoms. The molecular weight excluding hydrogens is 454 g/mol. The molecular formula is C24H29N5O4S. The van der Waals surface area contributed by atoms with Crippen LogP contribution in [-0.4, -0.2) is 72.6 Å².